The third-order valence-corrected chi connectivity index (χ3v) is 8.52. The van der Waals surface area contributed by atoms with Gasteiger partial charge in [-0.15, -0.1) is 11.3 Å². The molecule has 0 radical (unpaired) electrons. The molecule has 1 fully saturated rings. The number of anilines is 1. The number of piperazine rings is 1. The smallest absolute Gasteiger partial charge is 0.254 e. The number of aryl methyl sites for hydroxylation is 3. The number of aromatic nitrogens is 2. The molecule has 2 aromatic heterocycles. The van der Waals surface area contributed by atoms with Crippen LogP contribution >= 0.6 is 34.5 Å². The largest absolute Gasteiger partial charge is 0.352 e. The summed E-state index contributed by atoms with van der Waals surface area (Å²) in [5, 5.41) is 2.13. The molecular formula is C25H28Cl2N4OS. The Kier molecular flexibility index (Phi) is 6.77. The van der Waals surface area contributed by atoms with E-state index in [1.54, 1.807) is 18.2 Å². The summed E-state index contributed by atoms with van der Waals surface area (Å²) in [6.07, 6.45) is 7.99. The van der Waals surface area contributed by atoms with Crippen LogP contribution in [0.1, 0.15) is 59.2 Å². The van der Waals surface area contributed by atoms with Crippen LogP contribution in [0.15, 0.2) is 18.2 Å². The lowest BCUT2D eigenvalue weighted by molar-refractivity contribution is 0.0746. The van der Waals surface area contributed by atoms with Crippen LogP contribution in [0.3, 0.4) is 0 Å². The first kappa shape index (κ1) is 22.9. The van der Waals surface area contributed by atoms with E-state index in [4.69, 9.17) is 33.2 Å². The fourth-order valence-corrected chi connectivity index (χ4v) is 6.43. The number of amides is 1. The van der Waals surface area contributed by atoms with Gasteiger partial charge in [0.15, 0.2) is 0 Å². The van der Waals surface area contributed by atoms with Crippen molar-refractivity contribution >= 4 is 56.5 Å². The van der Waals surface area contributed by atoms with E-state index in [2.05, 4.69) is 11.8 Å². The summed E-state index contributed by atoms with van der Waals surface area (Å²) >= 11 is 14.0. The second-order valence-electron chi connectivity index (χ2n) is 8.87. The molecule has 1 amide bonds. The molecule has 5 nitrogen and oxygen atoms in total. The van der Waals surface area contributed by atoms with E-state index in [1.807, 2.05) is 16.2 Å². The van der Waals surface area contributed by atoms with Gasteiger partial charge in [-0.1, -0.05) is 36.5 Å². The van der Waals surface area contributed by atoms with Gasteiger partial charge in [-0.3, -0.25) is 4.79 Å². The van der Waals surface area contributed by atoms with Gasteiger partial charge in [0, 0.05) is 43.0 Å². The molecule has 3 aromatic rings. The molecule has 3 heterocycles. The minimum Gasteiger partial charge on any atom is -0.352 e. The van der Waals surface area contributed by atoms with Crippen LogP contribution in [-0.4, -0.2) is 47.0 Å². The van der Waals surface area contributed by atoms with Crippen molar-refractivity contribution in [1.29, 1.82) is 0 Å². The molecule has 5 rings (SSSR count). The summed E-state index contributed by atoms with van der Waals surface area (Å²) in [5.41, 5.74) is 2.05. The number of nitrogens with zero attached hydrogens (tertiary/aromatic N) is 4. The molecule has 0 bridgehead atoms. The number of thiophene rings is 1. The first-order chi connectivity index (χ1) is 16.0. The van der Waals surface area contributed by atoms with Crippen molar-refractivity contribution in [2.75, 3.05) is 31.1 Å². The molecule has 0 spiro atoms. The Bertz CT molecular complexity index is 1190. The number of rotatable bonds is 4. The molecule has 174 valence electrons. The summed E-state index contributed by atoms with van der Waals surface area (Å²) in [7, 11) is 0. The van der Waals surface area contributed by atoms with Gasteiger partial charge in [-0.05, 0) is 55.9 Å². The van der Waals surface area contributed by atoms with E-state index in [0.29, 0.717) is 28.7 Å². The van der Waals surface area contributed by atoms with Crippen LogP contribution < -0.4 is 4.90 Å². The Hall–Kier alpha value is -1.89. The molecule has 33 heavy (non-hydrogen) atoms. The fraction of sp³-hybridized carbons (Fsp3) is 0.480. The predicted molar refractivity (Wildman–Crippen MR) is 137 cm³/mol. The SMILES string of the molecule is CCCc1nc(N2CCN(C(=O)c3ccc(Cl)c(Cl)c3)CC2)c2c3c(sc2n1)CCCCC3. The minimum absolute atomic E-state index is 0.00266. The second-order valence-corrected chi connectivity index (χ2v) is 10.8. The minimum atomic E-state index is -0.00266. The number of halogens is 2. The number of fused-ring (bicyclic) bond motifs is 3. The maximum Gasteiger partial charge on any atom is 0.254 e. The predicted octanol–water partition coefficient (Wildman–Crippen LogP) is 6.18. The van der Waals surface area contributed by atoms with Crippen LogP contribution in [0.5, 0.6) is 0 Å². The van der Waals surface area contributed by atoms with Crippen LogP contribution in [0.25, 0.3) is 10.2 Å². The summed E-state index contributed by atoms with van der Waals surface area (Å²) in [5.74, 6) is 2.01. The summed E-state index contributed by atoms with van der Waals surface area (Å²) in [6, 6.07) is 5.08. The molecule has 1 aromatic carbocycles. The normalized spacial score (nSPS) is 16.7. The average Bonchev–Trinajstić information content (AvgIpc) is 3.01. The van der Waals surface area contributed by atoms with Crippen molar-refractivity contribution in [3.8, 4) is 0 Å². The van der Waals surface area contributed by atoms with Crippen molar-refractivity contribution in [3.63, 3.8) is 0 Å². The molecule has 0 atom stereocenters. The molecule has 1 aliphatic heterocycles. The number of carbonyl (C=O) groups excluding carboxylic acids is 1. The first-order valence-electron chi connectivity index (χ1n) is 11.9. The van der Waals surface area contributed by atoms with Gasteiger partial charge in [0.05, 0.1) is 15.4 Å². The average molecular weight is 503 g/mol. The van der Waals surface area contributed by atoms with E-state index in [1.165, 1.54) is 35.1 Å². The van der Waals surface area contributed by atoms with Crippen LogP contribution in [0, 0.1) is 0 Å². The molecule has 0 saturated carbocycles. The van der Waals surface area contributed by atoms with Gasteiger partial charge in [0.2, 0.25) is 0 Å². The molecule has 0 N–H and O–H groups in total. The number of carbonyl (C=O) groups is 1. The van der Waals surface area contributed by atoms with Gasteiger partial charge in [-0.25, -0.2) is 9.97 Å². The highest BCUT2D eigenvalue weighted by atomic mass is 35.5. The Balaban J connectivity index is 1.42. The zero-order chi connectivity index (χ0) is 22.9. The topological polar surface area (TPSA) is 49.3 Å². The van der Waals surface area contributed by atoms with E-state index in [9.17, 15) is 4.79 Å². The number of benzene rings is 1. The van der Waals surface area contributed by atoms with Crippen LogP contribution in [0.2, 0.25) is 10.0 Å². The molecule has 0 unspecified atom stereocenters. The number of hydrogen-bond acceptors (Lipinski definition) is 5. The summed E-state index contributed by atoms with van der Waals surface area (Å²) < 4.78 is 0. The molecule has 1 aliphatic carbocycles. The Morgan fingerprint density at radius 3 is 2.58 bits per heavy atom. The summed E-state index contributed by atoms with van der Waals surface area (Å²) in [4.78, 5) is 29.9. The monoisotopic (exact) mass is 502 g/mol. The third-order valence-electron chi connectivity index (χ3n) is 6.60. The lowest BCUT2D eigenvalue weighted by atomic mass is 10.1. The lowest BCUT2D eigenvalue weighted by Gasteiger charge is -2.36. The molecule has 1 saturated heterocycles. The fourth-order valence-electron chi connectivity index (χ4n) is 4.86. The third kappa shape index (κ3) is 4.58. The van der Waals surface area contributed by atoms with Crippen molar-refractivity contribution < 1.29 is 4.79 Å². The maximum absolute atomic E-state index is 13.0. The maximum atomic E-state index is 13.0. The summed E-state index contributed by atoms with van der Waals surface area (Å²) in [6.45, 7) is 5.00. The van der Waals surface area contributed by atoms with Crippen molar-refractivity contribution in [3.05, 3.63) is 50.1 Å². The van der Waals surface area contributed by atoms with Gasteiger partial charge >= 0.3 is 0 Å². The molecule has 2 aliphatic rings. The van der Waals surface area contributed by atoms with Crippen molar-refractivity contribution in [1.82, 2.24) is 14.9 Å². The highest BCUT2D eigenvalue weighted by molar-refractivity contribution is 7.19. The van der Waals surface area contributed by atoms with Gasteiger partial charge in [0.1, 0.15) is 16.5 Å². The molecular weight excluding hydrogens is 475 g/mol. The Morgan fingerprint density at radius 1 is 1.03 bits per heavy atom. The van der Waals surface area contributed by atoms with Crippen LogP contribution in [-0.2, 0) is 19.3 Å². The number of hydrogen-bond donors (Lipinski definition) is 0. The Morgan fingerprint density at radius 2 is 1.82 bits per heavy atom. The Labute approximate surface area is 208 Å². The van der Waals surface area contributed by atoms with E-state index in [-0.39, 0.29) is 5.91 Å². The molecule has 8 heteroatoms. The van der Waals surface area contributed by atoms with E-state index in [0.717, 1.165) is 55.2 Å². The highest BCUT2D eigenvalue weighted by Crippen LogP contribution is 2.39. The van der Waals surface area contributed by atoms with Crippen molar-refractivity contribution in [2.45, 2.75) is 51.9 Å². The van der Waals surface area contributed by atoms with E-state index < -0.39 is 0 Å². The van der Waals surface area contributed by atoms with E-state index >= 15 is 0 Å². The van der Waals surface area contributed by atoms with Crippen molar-refractivity contribution in [2.24, 2.45) is 0 Å². The quantitative estimate of drug-likeness (QED) is 0.399. The van der Waals surface area contributed by atoms with Gasteiger partial charge in [-0.2, -0.15) is 0 Å². The van der Waals surface area contributed by atoms with Gasteiger partial charge < -0.3 is 9.80 Å². The lowest BCUT2D eigenvalue weighted by Crippen LogP contribution is -2.49. The van der Waals surface area contributed by atoms with Gasteiger partial charge in [0.25, 0.3) is 5.91 Å². The zero-order valence-corrected chi connectivity index (χ0v) is 21.2. The standard InChI is InChI=1S/C25H28Cl2N4OS/c1-2-6-21-28-23(22-17-7-4-3-5-8-20(17)33-24(22)29-21)30-11-13-31(14-12-30)25(32)16-9-10-18(26)19(27)15-16/h9-10,15H,2-8,11-14H2,1H3. The van der Waals surface area contributed by atoms with Crippen LogP contribution in [0.4, 0.5) is 5.82 Å². The highest BCUT2D eigenvalue weighted by Gasteiger charge is 2.27. The second kappa shape index (κ2) is 9.77. The zero-order valence-electron chi connectivity index (χ0n) is 18.9. The first-order valence-corrected chi connectivity index (χ1v) is 13.4.